The predicted molar refractivity (Wildman–Crippen MR) is 88.7 cm³/mol. The van der Waals surface area contributed by atoms with Gasteiger partial charge in [-0.3, -0.25) is 4.79 Å². The van der Waals surface area contributed by atoms with E-state index in [1.165, 1.54) is 0 Å². The minimum Gasteiger partial charge on any atom is -0.386 e. The number of Topliss-reactive ketones (excluding diaryl/α,β-unsaturated/α-hetero) is 1. The van der Waals surface area contributed by atoms with Crippen molar-refractivity contribution in [1.29, 1.82) is 0 Å². The van der Waals surface area contributed by atoms with Crippen molar-refractivity contribution in [2.24, 2.45) is 5.73 Å². The molecule has 2 unspecified atom stereocenters. The SMILES string of the molecule is NC(CC(O)C(F)(F)C(=O)CCc1ccccc1)c1ccccc1. The summed E-state index contributed by atoms with van der Waals surface area (Å²) < 4.78 is 28.3. The number of rotatable bonds is 8. The fourth-order valence-corrected chi connectivity index (χ4v) is 2.48. The van der Waals surface area contributed by atoms with Crippen molar-refractivity contribution < 1.29 is 18.7 Å². The molecule has 24 heavy (non-hydrogen) atoms. The highest BCUT2D eigenvalue weighted by atomic mass is 19.3. The molecule has 128 valence electrons. The van der Waals surface area contributed by atoms with Gasteiger partial charge >= 0.3 is 5.92 Å². The molecule has 2 atom stereocenters. The number of alkyl halides is 2. The molecule has 0 fully saturated rings. The third-order valence-corrected chi connectivity index (χ3v) is 3.98. The molecule has 0 aliphatic heterocycles. The van der Waals surface area contributed by atoms with Crippen molar-refractivity contribution >= 4 is 5.78 Å². The zero-order valence-electron chi connectivity index (χ0n) is 13.2. The lowest BCUT2D eigenvalue weighted by atomic mass is 9.94. The normalized spacial score (nSPS) is 14.2. The molecule has 0 saturated carbocycles. The van der Waals surface area contributed by atoms with Gasteiger partial charge in [-0.25, -0.2) is 0 Å². The van der Waals surface area contributed by atoms with Gasteiger partial charge in [0.15, 0.2) is 0 Å². The van der Waals surface area contributed by atoms with Gasteiger partial charge in [0.2, 0.25) is 5.78 Å². The zero-order chi connectivity index (χ0) is 17.6. The summed E-state index contributed by atoms with van der Waals surface area (Å²) >= 11 is 0. The van der Waals surface area contributed by atoms with Crippen LogP contribution in [0.2, 0.25) is 0 Å². The molecule has 0 amide bonds. The number of benzene rings is 2. The van der Waals surface area contributed by atoms with Crippen molar-refractivity contribution in [3.63, 3.8) is 0 Å². The molecule has 0 spiro atoms. The van der Waals surface area contributed by atoms with E-state index in [1.54, 1.807) is 54.6 Å². The molecule has 0 aliphatic rings. The van der Waals surface area contributed by atoms with E-state index in [1.807, 2.05) is 6.07 Å². The molecule has 5 heteroatoms. The average molecular weight is 333 g/mol. The predicted octanol–water partition coefficient (Wildman–Crippen LogP) is 3.27. The molecule has 2 rings (SSSR count). The van der Waals surface area contributed by atoms with Gasteiger partial charge < -0.3 is 10.8 Å². The summed E-state index contributed by atoms with van der Waals surface area (Å²) in [7, 11) is 0. The number of hydrogen-bond donors (Lipinski definition) is 2. The Kier molecular flexibility index (Phi) is 6.17. The lowest BCUT2D eigenvalue weighted by Crippen LogP contribution is -2.43. The minimum atomic E-state index is -3.80. The first-order valence-electron chi connectivity index (χ1n) is 7.85. The summed E-state index contributed by atoms with van der Waals surface area (Å²) in [6.07, 6.45) is -2.59. The Hall–Kier alpha value is -2.11. The van der Waals surface area contributed by atoms with Gasteiger partial charge in [0.05, 0.1) is 0 Å². The highest BCUT2D eigenvalue weighted by molar-refractivity contribution is 5.86. The molecule has 2 aromatic rings. The largest absolute Gasteiger partial charge is 0.386 e. The van der Waals surface area contributed by atoms with E-state index in [9.17, 15) is 18.7 Å². The van der Waals surface area contributed by atoms with Gasteiger partial charge in [-0.1, -0.05) is 60.7 Å². The fourth-order valence-electron chi connectivity index (χ4n) is 2.48. The van der Waals surface area contributed by atoms with Crippen molar-refractivity contribution in [2.75, 3.05) is 0 Å². The number of halogens is 2. The molecule has 3 N–H and O–H groups in total. The molecule has 0 saturated heterocycles. The Morgan fingerprint density at radius 3 is 2.17 bits per heavy atom. The fraction of sp³-hybridized carbons (Fsp3) is 0.316. The third-order valence-electron chi connectivity index (χ3n) is 3.98. The Bertz CT molecular complexity index is 647. The van der Waals surface area contributed by atoms with Crippen LogP contribution in [0.5, 0.6) is 0 Å². The second kappa shape index (κ2) is 8.13. The molecular formula is C19H21F2NO2. The van der Waals surface area contributed by atoms with Gasteiger partial charge in [-0.15, -0.1) is 0 Å². The van der Waals surface area contributed by atoms with Crippen LogP contribution >= 0.6 is 0 Å². The molecule has 0 radical (unpaired) electrons. The van der Waals surface area contributed by atoms with Crippen LogP contribution in [0, 0.1) is 0 Å². The lowest BCUT2D eigenvalue weighted by molar-refractivity contribution is -0.162. The average Bonchev–Trinajstić information content (AvgIpc) is 2.61. The molecule has 3 nitrogen and oxygen atoms in total. The number of carbonyl (C=O) groups is 1. The van der Waals surface area contributed by atoms with Crippen molar-refractivity contribution in [2.45, 2.75) is 37.3 Å². The van der Waals surface area contributed by atoms with Crippen LogP contribution < -0.4 is 5.73 Å². The first-order chi connectivity index (χ1) is 11.4. The van der Waals surface area contributed by atoms with Crippen LogP contribution in [0.15, 0.2) is 60.7 Å². The van der Waals surface area contributed by atoms with Gasteiger partial charge in [0, 0.05) is 12.5 Å². The number of hydrogen-bond acceptors (Lipinski definition) is 3. The summed E-state index contributed by atoms with van der Waals surface area (Å²) in [5, 5.41) is 9.83. The monoisotopic (exact) mass is 333 g/mol. The van der Waals surface area contributed by atoms with Gasteiger partial charge in [0.25, 0.3) is 0 Å². The minimum absolute atomic E-state index is 0.215. The second-order valence-corrected chi connectivity index (χ2v) is 5.80. The van der Waals surface area contributed by atoms with E-state index in [-0.39, 0.29) is 19.3 Å². The Labute approximate surface area is 140 Å². The molecule has 0 aromatic heterocycles. The summed E-state index contributed by atoms with van der Waals surface area (Å²) in [6, 6.07) is 16.8. The lowest BCUT2D eigenvalue weighted by Gasteiger charge is -2.24. The third kappa shape index (κ3) is 4.69. The number of aliphatic hydroxyl groups excluding tert-OH is 1. The molecular weight excluding hydrogens is 312 g/mol. The zero-order valence-corrected chi connectivity index (χ0v) is 13.2. The number of nitrogens with two attached hydrogens (primary N) is 1. The summed E-state index contributed by atoms with van der Waals surface area (Å²) in [6.45, 7) is 0. The first-order valence-corrected chi connectivity index (χ1v) is 7.85. The number of carbonyl (C=O) groups excluding carboxylic acids is 1. The van der Waals surface area contributed by atoms with Crippen molar-refractivity contribution in [3.8, 4) is 0 Å². The number of ketones is 1. The standard InChI is InChI=1S/C19H21F2NO2/c20-19(21,17(23)12-11-14-7-3-1-4-8-14)18(24)13-16(22)15-9-5-2-6-10-15/h1-10,16,18,24H,11-13,22H2. The number of aliphatic hydroxyl groups is 1. The van der Waals surface area contributed by atoms with Gasteiger partial charge in [0.1, 0.15) is 6.10 Å². The molecule has 0 heterocycles. The van der Waals surface area contributed by atoms with E-state index in [2.05, 4.69) is 0 Å². The summed E-state index contributed by atoms with van der Waals surface area (Å²) in [5.74, 6) is -5.07. The van der Waals surface area contributed by atoms with Crippen LogP contribution in [-0.4, -0.2) is 22.9 Å². The smallest absolute Gasteiger partial charge is 0.330 e. The highest BCUT2D eigenvalue weighted by Gasteiger charge is 2.45. The van der Waals surface area contributed by atoms with E-state index < -0.39 is 23.9 Å². The van der Waals surface area contributed by atoms with E-state index in [4.69, 9.17) is 5.73 Å². The molecule has 0 aliphatic carbocycles. The van der Waals surface area contributed by atoms with Gasteiger partial charge in [-0.2, -0.15) is 8.78 Å². The van der Waals surface area contributed by atoms with Crippen LogP contribution in [0.4, 0.5) is 8.78 Å². The van der Waals surface area contributed by atoms with Crippen molar-refractivity contribution in [1.82, 2.24) is 0 Å². The van der Waals surface area contributed by atoms with Gasteiger partial charge in [-0.05, 0) is 24.0 Å². The molecule has 2 aromatic carbocycles. The quantitative estimate of drug-likeness (QED) is 0.779. The van der Waals surface area contributed by atoms with Crippen molar-refractivity contribution in [3.05, 3.63) is 71.8 Å². The Morgan fingerprint density at radius 1 is 1.04 bits per heavy atom. The second-order valence-electron chi connectivity index (χ2n) is 5.80. The topological polar surface area (TPSA) is 63.3 Å². The maximum absolute atomic E-state index is 14.1. The summed E-state index contributed by atoms with van der Waals surface area (Å²) in [5.41, 5.74) is 7.30. The van der Waals surface area contributed by atoms with Crippen LogP contribution in [0.25, 0.3) is 0 Å². The molecule has 0 bridgehead atoms. The summed E-state index contributed by atoms with van der Waals surface area (Å²) in [4.78, 5) is 11.8. The van der Waals surface area contributed by atoms with Crippen LogP contribution in [0.3, 0.4) is 0 Å². The van der Waals surface area contributed by atoms with Crippen LogP contribution in [0.1, 0.15) is 30.0 Å². The first kappa shape index (κ1) is 18.2. The van der Waals surface area contributed by atoms with E-state index in [0.29, 0.717) is 5.56 Å². The highest BCUT2D eigenvalue weighted by Crippen LogP contribution is 2.28. The Balaban J connectivity index is 1.93. The maximum Gasteiger partial charge on any atom is 0.330 e. The van der Waals surface area contributed by atoms with E-state index in [0.717, 1.165) is 5.56 Å². The maximum atomic E-state index is 14.1. The van der Waals surface area contributed by atoms with Crippen LogP contribution in [-0.2, 0) is 11.2 Å². The number of aryl methyl sites for hydroxylation is 1. The van der Waals surface area contributed by atoms with E-state index >= 15 is 0 Å². The Morgan fingerprint density at radius 2 is 1.58 bits per heavy atom.